The van der Waals surface area contributed by atoms with Gasteiger partial charge in [-0.25, -0.2) is 0 Å². The highest BCUT2D eigenvalue weighted by Gasteiger charge is 2.15. The van der Waals surface area contributed by atoms with Crippen molar-refractivity contribution in [1.29, 1.82) is 0 Å². The van der Waals surface area contributed by atoms with Gasteiger partial charge in [0.15, 0.2) is 0 Å². The van der Waals surface area contributed by atoms with Crippen LogP contribution in [0.15, 0.2) is 18.2 Å². The van der Waals surface area contributed by atoms with Gasteiger partial charge in [0.1, 0.15) is 0 Å². The number of benzene rings is 1. The van der Waals surface area contributed by atoms with Gasteiger partial charge in [0.25, 0.3) is 0 Å². The molecule has 0 aliphatic heterocycles. The standard InChI is InChI=1S/C15H22N2/c1-5-17-12(4)14(9-11(3)16)13-8-6-7-10(2)15(13)17/h6-8,11H,5,9,16H2,1-4H3. The van der Waals surface area contributed by atoms with E-state index in [1.807, 2.05) is 0 Å². The van der Waals surface area contributed by atoms with Gasteiger partial charge in [0.2, 0.25) is 0 Å². The third kappa shape index (κ3) is 1.98. The molecule has 2 heteroatoms. The lowest BCUT2D eigenvalue weighted by Gasteiger charge is -2.07. The van der Waals surface area contributed by atoms with E-state index in [-0.39, 0.29) is 6.04 Å². The van der Waals surface area contributed by atoms with Crippen LogP contribution in [0.25, 0.3) is 10.9 Å². The van der Waals surface area contributed by atoms with Crippen LogP contribution in [0.1, 0.15) is 30.7 Å². The summed E-state index contributed by atoms with van der Waals surface area (Å²) in [6.07, 6.45) is 0.957. The maximum absolute atomic E-state index is 5.96. The number of nitrogens with two attached hydrogens (primary N) is 1. The van der Waals surface area contributed by atoms with Crippen molar-refractivity contribution in [3.63, 3.8) is 0 Å². The summed E-state index contributed by atoms with van der Waals surface area (Å²) in [4.78, 5) is 0. The molecule has 1 heterocycles. The number of aryl methyl sites for hydroxylation is 2. The molecule has 0 fully saturated rings. The Kier molecular flexibility index (Phi) is 3.25. The second kappa shape index (κ2) is 4.53. The smallest absolute Gasteiger partial charge is 0.0514 e. The number of nitrogens with zero attached hydrogens (tertiary/aromatic N) is 1. The van der Waals surface area contributed by atoms with E-state index >= 15 is 0 Å². The maximum Gasteiger partial charge on any atom is 0.0514 e. The molecule has 0 aliphatic carbocycles. The van der Waals surface area contributed by atoms with Crippen molar-refractivity contribution in [2.75, 3.05) is 0 Å². The van der Waals surface area contributed by atoms with Gasteiger partial charge in [0, 0.05) is 23.7 Å². The fourth-order valence-corrected chi connectivity index (χ4v) is 2.76. The number of rotatable bonds is 3. The average Bonchev–Trinajstić information content (AvgIpc) is 2.53. The van der Waals surface area contributed by atoms with Crippen LogP contribution in [0.3, 0.4) is 0 Å². The Bertz CT molecular complexity index is 535. The summed E-state index contributed by atoms with van der Waals surface area (Å²) in [5.74, 6) is 0. The normalized spacial score (nSPS) is 13.2. The zero-order valence-electron chi connectivity index (χ0n) is 11.2. The molecule has 1 aromatic heterocycles. The molecule has 0 amide bonds. The first-order chi connectivity index (χ1) is 8.06. The minimum atomic E-state index is 0.213. The van der Waals surface area contributed by atoms with Gasteiger partial charge in [-0.15, -0.1) is 0 Å². The molecule has 1 atom stereocenters. The lowest BCUT2D eigenvalue weighted by atomic mass is 10.0. The highest BCUT2D eigenvalue weighted by atomic mass is 15.0. The van der Waals surface area contributed by atoms with E-state index in [0.29, 0.717) is 0 Å². The summed E-state index contributed by atoms with van der Waals surface area (Å²) in [5, 5.41) is 1.38. The number of aromatic nitrogens is 1. The summed E-state index contributed by atoms with van der Waals surface area (Å²) in [6, 6.07) is 6.76. The minimum Gasteiger partial charge on any atom is -0.345 e. The molecule has 0 spiro atoms. The van der Waals surface area contributed by atoms with Crippen LogP contribution >= 0.6 is 0 Å². The molecule has 1 unspecified atom stereocenters. The molecular formula is C15H22N2. The van der Waals surface area contributed by atoms with Gasteiger partial charge in [-0.05, 0) is 45.2 Å². The minimum absolute atomic E-state index is 0.213. The van der Waals surface area contributed by atoms with E-state index in [0.717, 1.165) is 13.0 Å². The Balaban J connectivity index is 2.75. The van der Waals surface area contributed by atoms with Crippen molar-refractivity contribution < 1.29 is 0 Å². The number of fused-ring (bicyclic) bond motifs is 1. The average molecular weight is 230 g/mol. The molecule has 2 N–H and O–H groups in total. The Morgan fingerprint density at radius 2 is 2.00 bits per heavy atom. The van der Waals surface area contributed by atoms with Crippen molar-refractivity contribution in [3.05, 3.63) is 35.0 Å². The van der Waals surface area contributed by atoms with Crippen LogP contribution in [0.2, 0.25) is 0 Å². The molecule has 0 bridgehead atoms. The number of hydrogen-bond acceptors (Lipinski definition) is 1. The Hall–Kier alpha value is -1.28. The van der Waals surface area contributed by atoms with E-state index in [2.05, 4.69) is 50.5 Å². The second-order valence-corrected chi connectivity index (χ2v) is 4.96. The zero-order valence-corrected chi connectivity index (χ0v) is 11.2. The van der Waals surface area contributed by atoms with Gasteiger partial charge >= 0.3 is 0 Å². The largest absolute Gasteiger partial charge is 0.345 e. The Morgan fingerprint density at radius 3 is 2.59 bits per heavy atom. The van der Waals surface area contributed by atoms with E-state index < -0.39 is 0 Å². The van der Waals surface area contributed by atoms with Crippen molar-refractivity contribution in [3.8, 4) is 0 Å². The second-order valence-electron chi connectivity index (χ2n) is 4.96. The topological polar surface area (TPSA) is 30.9 Å². The lowest BCUT2D eigenvalue weighted by molar-refractivity contribution is 0.717. The fourth-order valence-electron chi connectivity index (χ4n) is 2.76. The third-order valence-electron chi connectivity index (χ3n) is 3.52. The highest BCUT2D eigenvalue weighted by Crippen LogP contribution is 2.29. The van der Waals surface area contributed by atoms with Gasteiger partial charge in [-0.3, -0.25) is 0 Å². The molecule has 2 aromatic rings. The summed E-state index contributed by atoms with van der Waals surface area (Å²) < 4.78 is 2.41. The molecule has 2 nitrogen and oxygen atoms in total. The van der Waals surface area contributed by atoms with Crippen LogP contribution in [0.5, 0.6) is 0 Å². The predicted molar refractivity (Wildman–Crippen MR) is 74.4 cm³/mol. The van der Waals surface area contributed by atoms with E-state index in [9.17, 15) is 0 Å². The summed E-state index contributed by atoms with van der Waals surface area (Å²) >= 11 is 0. The molecule has 0 aliphatic rings. The van der Waals surface area contributed by atoms with Gasteiger partial charge in [-0.2, -0.15) is 0 Å². The SMILES string of the molecule is CCn1c(C)c(CC(C)N)c2cccc(C)c21. The monoisotopic (exact) mass is 230 g/mol. The molecular weight excluding hydrogens is 208 g/mol. The van der Waals surface area contributed by atoms with E-state index in [4.69, 9.17) is 5.73 Å². The molecule has 17 heavy (non-hydrogen) atoms. The first kappa shape index (κ1) is 12.2. The quantitative estimate of drug-likeness (QED) is 0.862. The van der Waals surface area contributed by atoms with Crippen molar-refractivity contribution in [2.45, 2.75) is 46.7 Å². The van der Waals surface area contributed by atoms with Crippen LogP contribution in [0.4, 0.5) is 0 Å². The molecule has 2 rings (SSSR count). The summed E-state index contributed by atoms with van der Waals surface area (Å²) in [5.41, 5.74) is 11.5. The Labute approximate surface area is 103 Å². The van der Waals surface area contributed by atoms with E-state index in [1.165, 1.54) is 27.7 Å². The van der Waals surface area contributed by atoms with Crippen LogP contribution in [0, 0.1) is 13.8 Å². The molecule has 92 valence electrons. The molecule has 0 saturated heterocycles. The maximum atomic E-state index is 5.96. The highest BCUT2D eigenvalue weighted by molar-refractivity contribution is 5.88. The van der Waals surface area contributed by atoms with Crippen molar-refractivity contribution >= 4 is 10.9 Å². The van der Waals surface area contributed by atoms with Crippen LogP contribution in [-0.4, -0.2) is 10.6 Å². The third-order valence-corrected chi connectivity index (χ3v) is 3.52. The van der Waals surface area contributed by atoms with Gasteiger partial charge in [-0.1, -0.05) is 18.2 Å². The van der Waals surface area contributed by atoms with Crippen molar-refractivity contribution in [2.24, 2.45) is 5.73 Å². The first-order valence-electron chi connectivity index (χ1n) is 6.39. The summed E-state index contributed by atoms with van der Waals surface area (Å²) in [6.45, 7) is 9.69. The fraction of sp³-hybridized carbons (Fsp3) is 0.467. The number of para-hydroxylation sites is 1. The lowest BCUT2D eigenvalue weighted by Crippen LogP contribution is -2.18. The molecule has 0 radical (unpaired) electrons. The predicted octanol–water partition coefficient (Wildman–Crippen LogP) is 3.17. The molecule has 1 aromatic carbocycles. The Morgan fingerprint density at radius 1 is 1.29 bits per heavy atom. The first-order valence-corrected chi connectivity index (χ1v) is 6.39. The summed E-state index contributed by atoms with van der Waals surface area (Å²) in [7, 11) is 0. The molecule has 0 saturated carbocycles. The van der Waals surface area contributed by atoms with Gasteiger partial charge < -0.3 is 10.3 Å². The van der Waals surface area contributed by atoms with Crippen molar-refractivity contribution in [1.82, 2.24) is 4.57 Å². The van der Waals surface area contributed by atoms with Gasteiger partial charge in [0.05, 0.1) is 5.52 Å². The zero-order chi connectivity index (χ0) is 12.6. The van der Waals surface area contributed by atoms with E-state index in [1.54, 1.807) is 0 Å². The van der Waals surface area contributed by atoms with Crippen LogP contribution in [-0.2, 0) is 13.0 Å². The number of hydrogen-bond donors (Lipinski definition) is 1. The van der Waals surface area contributed by atoms with Crippen LogP contribution < -0.4 is 5.73 Å².